The van der Waals surface area contributed by atoms with Gasteiger partial charge in [0.1, 0.15) is 0 Å². The lowest BCUT2D eigenvalue weighted by molar-refractivity contribution is 0.121. The van der Waals surface area contributed by atoms with Crippen LogP contribution in [0.5, 0.6) is 0 Å². The van der Waals surface area contributed by atoms with E-state index in [9.17, 15) is 0 Å². The predicted molar refractivity (Wildman–Crippen MR) is 66.6 cm³/mol. The van der Waals surface area contributed by atoms with E-state index in [1.165, 1.54) is 0 Å². The minimum absolute atomic E-state index is 0.277. The quantitative estimate of drug-likeness (QED) is 0.897. The number of ether oxygens (including phenoxy) is 1. The molecule has 0 spiro atoms. The van der Waals surface area contributed by atoms with Gasteiger partial charge in [-0.3, -0.25) is 0 Å². The molecule has 1 aliphatic heterocycles. The number of rotatable bonds is 2. The number of hydrogen-bond acceptors (Lipinski definition) is 2. The highest BCUT2D eigenvalue weighted by molar-refractivity contribution is 9.10. The molecule has 0 amide bonds. The highest BCUT2D eigenvalue weighted by Crippen LogP contribution is 2.27. The number of anilines is 1. The first-order valence-electron chi connectivity index (χ1n) is 5.00. The summed E-state index contributed by atoms with van der Waals surface area (Å²) in [6.07, 6.45) is 1.33. The van der Waals surface area contributed by atoms with Crippen LogP contribution in [0.3, 0.4) is 0 Å². The Balaban J connectivity index is 2.07. The van der Waals surface area contributed by atoms with Gasteiger partial charge in [0, 0.05) is 16.8 Å². The van der Waals surface area contributed by atoms with E-state index < -0.39 is 0 Å². The Labute approximate surface area is 103 Å². The zero-order valence-electron chi connectivity index (χ0n) is 8.47. The second-order valence-corrected chi connectivity index (χ2v) is 5.01. The van der Waals surface area contributed by atoms with Crippen LogP contribution in [0.15, 0.2) is 22.7 Å². The lowest BCUT2D eigenvalue weighted by atomic mass is 10.1. The highest BCUT2D eigenvalue weighted by atomic mass is 79.9. The van der Waals surface area contributed by atoms with E-state index in [4.69, 9.17) is 16.3 Å². The predicted octanol–water partition coefficient (Wildman–Crippen LogP) is 3.69. The molecule has 1 fully saturated rings. The summed E-state index contributed by atoms with van der Waals surface area (Å²) in [4.78, 5) is 0. The average Bonchev–Trinajstić information content (AvgIpc) is 2.59. The van der Waals surface area contributed by atoms with Gasteiger partial charge >= 0.3 is 0 Å². The van der Waals surface area contributed by atoms with Crippen molar-refractivity contribution in [3.8, 4) is 0 Å². The smallest absolute Gasteiger partial charge is 0.0748 e. The van der Waals surface area contributed by atoms with Gasteiger partial charge < -0.3 is 10.1 Å². The largest absolute Gasteiger partial charge is 0.380 e. The summed E-state index contributed by atoms with van der Waals surface area (Å²) < 4.78 is 6.41. The van der Waals surface area contributed by atoms with Crippen molar-refractivity contribution in [2.45, 2.75) is 25.5 Å². The molecule has 4 heteroatoms. The molecule has 2 nitrogen and oxygen atoms in total. The van der Waals surface area contributed by atoms with Gasteiger partial charge in [0.05, 0.1) is 17.2 Å². The molecule has 1 heterocycles. The van der Waals surface area contributed by atoms with Crippen LogP contribution >= 0.6 is 27.5 Å². The Hall–Kier alpha value is -0.250. The summed E-state index contributed by atoms with van der Waals surface area (Å²) in [5.74, 6) is 0. The van der Waals surface area contributed by atoms with Crippen molar-refractivity contribution < 1.29 is 4.74 Å². The van der Waals surface area contributed by atoms with Crippen LogP contribution in [0, 0.1) is 0 Å². The van der Waals surface area contributed by atoms with Crippen molar-refractivity contribution in [2.75, 3.05) is 11.9 Å². The lowest BCUT2D eigenvalue weighted by Gasteiger charge is -2.17. The van der Waals surface area contributed by atoms with E-state index in [0.717, 1.165) is 28.2 Å². The maximum Gasteiger partial charge on any atom is 0.0748 e. The van der Waals surface area contributed by atoms with Crippen LogP contribution in [-0.2, 0) is 4.74 Å². The third-order valence-corrected chi connectivity index (χ3v) is 3.86. The van der Waals surface area contributed by atoms with Crippen LogP contribution in [0.1, 0.15) is 13.3 Å². The zero-order chi connectivity index (χ0) is 10.8. The normalized spacial score (nSPS) is 25.5. The van der Waals surface area contributed by atoms with E-state index in [2.05, 4.69) is 28.2 Å². The molecule has 0 bridgehead atoms. The van der Waals surface area contributed by atoms with Crippen molar-refractivity contribution in [1.29, 1.82) is 0 Å². The Morgan fingerprint density at radius 3 is 2.93 bits per heavy atom. The van der Waals surface area contributed by atoms with Crippen LogP contribution in [0.4, 0.5) is 5.69 Å². The van der Waals surface area contributed by atoms with Gasteiger partial charge in [0.2, 0.25) is 0 Å². The molecule has 1 aromatic carbocycles. The molecule has 0 radical (unpaired) electrons. The number of nitrogens with one attached hydrogen (secondary N) is 1. The molecule has 0 aromatic heterocycles. The van der Waals surface area contributed by atoms with Gasteiger partial charge in [-0.05, 0) is 47.5 Å². The molecule has 1 aromatic rings. The molecule has 2 rings (SSSR count). The fraction of sp³-hybridized carbons (Fsp3) is 0.455. The topological polar surface area (TPSA) is 21.3 Å². The maximum atomic E-state index is 5.93. The minimum atomic E-state index is 0.277. The Morgan fingerprint density at radius 2 is 2.33 bits per heavy atom. The van der Waals surface area contributed by atoms with Crippen LogP contribution in [0.25, 0.3) is 0 Å². The van der Waals surface area contributed by atoms with Crippen molar-refractivity contribution in [3.63, 3.8) is 0 Å². The molecule has 1 N–H and O–H groups in total. The summed E-state index contributed by atoms with van der Waals surface area (Å²) in [7, 11) is 0. The standard InChI is InChI=1S/C11H13BrClNO/c1-7-11(4-5-15-7)14-8-2-3-10(13)9(12)6-8/h2-3,6-7,11,14H,4-5H2,1H3/t7-,11+/m1/s1. The lowest BCUT2D eigenvalue weighted by Crippen LogP contribution is -2.26. The molecule has 2 atom stereocenters. The summed E-state index contributed by atoms with van der Waals surface area (Å²) in [6, 6.07) is 6.26. The third-order valence-electron chi connectivity index (χ3n) is 2.65. The zero-order valence-corrected chi connectivity index (χ0v) is 10.8. The molecular weight excluding hydrogens is 277 g/mol. The summed E-state index contributed by atoms with van der Waals surface area (Å²) in [6.45, 7) is 2.93. The first-order valence-corrected chi connectivity index (χ1v) is 6.17. The molecule has 0 unspecified atom stereocenters. The van der Waals surface area contributed by atoms with Crippen molar-refractivity contribution >= 4 is 33.2 Å². The second-order valence-electron chi connectivity index (χ2n) is 3.74. The van der Waals surface area contributed by atoms with Crippen LogP contribution in [0.2, 0.25) is 5.02 Å². The Bertz CT molecular complexity index is 358. The van der Waals surface area contributed by atoms with Crippen molar-refractivity contribution in [2.24, 2.45) is 0 Å². The summed E-state index contributed by atoms with van der Waals surface area (Å²) >= 11 is 9.33. The molecule has 1 saturated heterocycles. The van der Waals surface area contributed by atoms with Crippen molar-refractivity contribution in [1.82, 2.24) is 0 Å². The van der Waals surface area contributed by atoms with E-state index in [0.29, 0.717) is 6.04 Å². The molecule has 82 valence electrons. The average molecular weight is 291 g/mol. The third kappa shape index (κ3) is 2.65. The molecular formula is C11H13BrClNO. The highest BCUT2D eigenvalue weighted by Gasteiger charge is 2.23. The van der Waals surface area contributed by atoms with Gasteiger partial charge in [0.15, 0.2) is 0 Å². The molecule has 15 heavy (non-hydrogen) atoms. The van der Waals surface area contributed by atoms with E-state index in [-0.39, 0.29) is 6.10 Å². The molecule has 1 aliphatic rings. The summed E-state index contributed by atoms with van der Waals surface area (Å²) in [5.41, 5.74) is 1.08. The van der Waals surface area contributed by atoms with E-state index in [1.54, 1.807) is 0 Å². The first-order chi connectivity index (χ1) is 7.16. The summed E-state index contributed by atoms with van der Waals surface area (Å²) in [5, 5.41) is 4.18. The Morgan fingerprint density at radius 1 is 1.53 bits per heavy atom. The van der Waals surface area contributed by atoms with Gasteiger partial charge in [-0.1, -0.05) is 11.6 Å². The number of benzene rings is 1. The molecule has 0 aliphatic carbocycles. The fourth-order valence-electron chi connectivity index (χ4n) is 1.72. The first kappa shape index (κ1) is 11.2. The van der Waals surface area contributed by atoms with Gasteiger partial charge in [-0.15, -0.1) is 0 Å². The van der Waals surface area contributed by atoms with E-state index >= 15 is 0 Å². The molecule has 0 saturated carbocycles. The monoisotopic (exact) mass is 289 g/mol. The second kappa shape index (κ2) is 4.73. The van der Waals surface area contributed by atoms with Crippen LogP contribution < -0.4 is 5.32 Å². The van der Waals surface area contributed by atoms with Gasteiger partial charge in [-0.25, -0.2) is 0 Å². The SMILES string of the molecule is C[C@H]1OCC[C@@H]1Nc1ccc(Cl)c(Br)c1. The minimum Gasteiger partial charge on any atom is -0.380 e. The van der Waals surface area contributed by atoms with E-state index in [1.807, 2.05) is 18.2 Å². The van der Waals surface area contributed by atoms with Gasteiger partial charge in [-0.2, -0.15) is 0 Å². The number of halogens is 2. The van der Waals surface area contributed by atoms with Crippen molar-refractivity contribution in [3.05, 3.63) is 27.7 Å². The Kier molecular flexibility index (Phi) is 3.54. The fourth-order valence-corrected chi connectivity index (χ4v) is 2.22. The number of hydrogen-bond donors (Lipinski definition) is 1. The van der Waals surface area contributed by atoms with Gasteiger partial charge in [0.25, 0.3) is 0 Å². The maximum absolute atomic E-state index is 5.93. The van der Waals surface area contributed by atoms with Crippen LogP contribution in [-0.4, -0.2) is 18.8 Å².